The molecule has 0 spiro atoms. The largest absolute Gasteiger partial charge is 0.480 e. The number of rotatable bonds is 5. The van der Waals surface area contributed by atoms with E-state index in [4.69, 9.17) is 9.84 Å². The van der Waals surface area contributed by atoms with Crippen LogP contribution in [0.15, 0.2) is 11.6 Å². The van der Waals surface area contributed by atoms with Gasteiger partial charge in [-0.25, -0.2) is 4.79 Å². The summed E-state index contributed by atoms with van der Waals surface area (Å²) in [5.41, 5.74) is 1.04. The van der Waals surface area contributed by atoms with Crippen LogP contribution in [0.2, 0.25) is 0 Å². The molecule has 0 aliphatic carbocycles. The molecule has 96 valence electrons. The van der Waals surface area contributed by atoms with Gasteiger partial charge in [0.25, 0.3) is 0 Å². The Hall–Kier alpha value is -1.36. The molecule has 1 rings (SSSR count). The smallest absolute Gasteiger partial charge is 0.326 e. The van der Waals surface area contributed by atoms with Gasteiger partial charge in [-0.15, -0.1) is 0 Å². The van der Waals surface area contributed by atoms with Crippen LogP contribution in [0.4, 0.5) is 0 Å². The number of carbonyl (C=O) groups excluding carboxylic acids is 1. The van der Waals surface area contributed by atoms with Gasteiger partial charge < -0.3 is 15.2 Å². The minimum Gasteiger partial charge on any atom is -0.480 e. The lowest BCUT2D eigenvalue weighted by Gasteiger charge is -2.15. The minimum atomic E-state index is -1.00. The highest BCUT2D eigenvalue weighted by Gasteiger charge is 2.27. The number of carboxylic acids is 1. The van der Waals surface area contributed by atoms with Crippen molar-refractivity contribution >= 4 is 11.9 Å². The van der Waals surface area contributed by atoms with Gasteiger partial charge in [0.15, 0.2) is 0 Å². The molecule has 1 aliphatic heterocycles. The highest BCUT2D eigenvalue weighted by molar-refractivity contribution is 5.85. The van der Waals surface area contributed by atoms with E-state index < -0.39 is 12.0 Å². The fourth-order valence-corrected chi connectivity index (χ4v) is 1.61. The topological polar surface area (TPSA) is 75.6 Å². The molecule has 0 bridgehead atoms. The van der Waals surface area contributed by atoms with Gasteiger partial charge in [-0.2, -0.15) is 0 Å². The second-order valence-corrected chi connectivity index (χ2v) is 4.48. The molecule has 17 heavy (non-hydrogen) atoms. The third-order valence-electron chi connectivity index (χ3n) is 2.68. The predicted octanol–water partition coefficient (Wildman–Crippen LogP) is 0.949. The van der Waals surface area contributed by atoms with E-state index in [-0.39, 0.29) is 11.8 Å². The number of hydrogen-bond acceptors (Lipinski definition) is 3. The van der Waals surface area contributed by atoms with Crippen LogP contribution in [0.3, 0.4) is 0 Å². The molecule has 1 aliphatic rings. The number of aliphatic carboxylic acids is 1. The van der Waals surface area contributed by atoms with E-state index >= 15 is 0 Å². The second-order valence-electron chi connectivity index (χ2n) is 4.48. The molecule has 2 atom stereocenters. The Morgan fingerprint density at radius 1 is 1.53 bits per heavy atom. The van der Waals surface area contributed by atoms with Gasteiger partial charge in [-0.3, -0.25) is 4.79 Å². The molecule has 1 heterocycles. The van der Waals surface area contributed by atoms with Crippen molar-refractivity contribution < 1.29 is 19.4 Å². The fraction of sp³-hybridized carbons (Fsp3) is 0.667. The van der Waals surface area contributed by atoms with Gasteiger partial charge >= 0.3 is 5.97 Å². The van der Waals surface area contributed by atoms with Crippen LogP contribution in [0.25, 0.3) is 0 Å². The van der Waals surface area contributed by atoms with E-state index in [2.05, 4.69) is 5.32 Å². The molecule has 0 radical (unpaired) electrons. The lowest BCUT2D eigenvalue weighted by Crippen LogP contribution is -2.43. The molecular formula is C12H19NO4. The highest BCUT2D eigenvalue weighted by atomic mass is 16.5. The normalized spacial score (nSPS) is 20.7. The number of allylic oxidation sites excluding steroid dienone is 1. The molecule has 5 heteroatoms. The van der Waals surface area contributed by atoms with Crippen LogP contribution < -0.4 is 5.32 Å². The van der Waals surface area contributed by atoms with Gasteiger partial charge in [-0.05, 0) is 26.7 Å². The molecule has 0 aromatic rings. The van der Waals surface area contributed by atoms with Gasteiger partial charge in [0.05, 0.1) is 12.5 Å². The fourth-order valence-electron chi connectivity index (χ4n) is 1.61. The summed E-state index contributed by atoms with van der Waals surface area (Å²) < 4.78 is 5.10. The van der Waals surface area contributed by atoms with Gasteiger partial charge in [0.2, 0.25) is 5.91 Å². The summed E-state index contributed by atoms with van der Waals surface area (Å²) in [7, 11) is 0. The maximum atomic E-state index is 11.7. The quantitative estimate of drug-likeness (QED) is 0.703. The molecule has 2 N–H and O–H groups in total. The summed E-state index contributed by atoms with van der Waals surface area (Å²) in [4.78, 5) is 22.7. The van der Waals surface area contributed by atoms with Crippen LogP contribution in [-0.2, 0) is 14.3 Å². The third kappa shape index (κ3) is 4.56. The zero-order valence-corrected chi connectivity index (χ0v) is 10.2. The van der Waals surface area contributed by atoms with Crippen LogP contribution in [0, 0.1) is 5.92 Å². The predicted molar refractivity (Wildman–Crippen MR) is 62.5 cm³/mol. The summed E-state index contributed by atoms with van der Waals surface area (Å²) in [5, 5.41) is 11.6. The Bertz CT molecular complexity index is 314. The number of nitrogens with one attached hydrogen (secondary N) is 1. The SMILES string of the molecule is CC(C)=CC[C@@H](NC(=O)[C@H]1CCOC1)C(=O)O. The van der Waals surface area contributed by atoms with E-state index in [9.17, 15) is 9.59 Å². The number of hydrogen-bond donors (Lipinski definition) is 2. The van der Waals surface area contributed by atoms with Crippen molar-refractivity contribution in [2.75, 3.05) is 13.2 Å². The summed E-state index contributed by atoms with van der Waals surface area (Å²) >= 11 is 0. The Balaban J connectivity index is 2.51. The zero-order valence-electron chi connectivity index (χ0n) is 10.2. The molecule has 0 unspecified atom stereocenters. The highest BCUT2D eigenvalue weighted by Crippen LogP contribution is 2.12. The van der Waals surface area contributed by atoms with Crippen molar-refractivity contribution in [3.05, 3.63) is 11.6 Å². The molecular weight excluding hydrogens is 222 g/mol. The summed E-state index contributed by atoms with van der Waals surface area (Å²) in [6, 6.07) is -0.849. The average molecular weight is 241 g/mol. The van der Waals surface area contributed by atoms with Crippen LogP contribution in [0.5, 0.6) is 0 Å². The first-order valence-corrected chi connectivity index (χ1v) is 5.75. The molecule has 1 amide bonds. The van der Waals surface area contributed by atoms with Crippen LogP contribution in [-0.4, -0.2) is 36.2 Å². The van der Waals surface area contributed by atoms with Crippen molar-refractivity contribution in [1.29, 1.82) is 0 Å². The number of ether oxygens (including phenoxy) is 1. The Morgan fingerprint density at radius 2 is 2.24 bits per heavy atom. The standard InChI is InChI=1S/C12H19NO4/c1-8(2)3-4-10(12(15)16)13-11(14)9-5-6-17-7-9/h3,9-10H,4-7H2,1-2H3,(H,13,14)(H,15,16)/t9-,10+/m0/s1. The molecule has 0 aromatic carbocycles. The molecule has 5 nitrogen and oxygen atoms in total. The van der Waals surface area contributed by atoms with Crippen molar-refractivity contribution in [2.45, 2.75) is 32.7 Å². The first kappa shape index (κ1) is 13.7. The lowest BCUT2D eigenvalue weighted by molar-refractivity contribution is -0.142. The van der Waals surface area contributed by atoms with Gasteiger partial charge in [-0.1, -0.05) is 11.6 Å². The van der Waals surface area contributed by atoms with Crippen molar-refractivity contribution in [3.63, 3.8) is 0 Å². The molecule has 1 saturated heterocycles. The maximum Gasteiger partial charge on any atom is 0.326 e. The van der Waals surface area contributed by atoms with Crippen LogP contribution >= 0.6 is 0 Å². The lowest BCUT2D eigenvalue weighted by atomic mass is 10.1. The summed E-state index contributed by atoms with van der Waals surface area (Å²) in [6.45, 7) is 4.75. The first-order valence-electron chi connectivity index (χ1n) is 5.75. The van der Waals surface area contributed by atoms with E-state index in [0.29, 0.717) is 26.1 Å². The van der Waals surface area contributed by atoms with Gasteiger partial charge in [0, 0.05) is 6.61 Å². The second kappa shape index (κ2) is 6.39. The van der Waals surface area contributed by atoms with E-state index in [1.54, 1.807) is 0 Å². The molecule has 1 fully saturated rings. The Morgan fingerprint density at radius 3 is 2.71 bits per heavy atom. The van der Waals surface area contributed by atoms with Crippen LogP contribution in [0.1, 0.15) is 26.7 Å². The Labute approximate surface area is 101 Å². The zero-order chi connectivity index (χ0) is 12.8. The number of amides is 1. The maximum absolute atomic E-state index is 11.7. The Kier molecular flexibility index (Phi) is 5.15. The molecule has 0 saturated carbocycles. The number of carboxylic acid groups (broad SMARTS) is 1. The summed E-state index contributed by atoms with van der Waals surface area (Å²) in [6.07, 6.45) is 2.79. The van der Waals surface area contributed by atoms with Gasteiger partial charge in [0.1, 0.15) is 6.04 Å². The number of carbonyl (C=O) groups is 2. The van der Waals surface area contributed by atoms with Crippen molar-refractivity contribution in [1.82, 2.24) is 5.32 Å². The first-order chi connectivity index (χ1) is 8.00. The minimum absolute atomic E-state index is 0.205. The van der Waals surface area contributed by atoms with E-state index in [1.165, 1.54) is 0 Å². The monoisotopic (exact) mass is 241 g/mol. The van der Waals surface area contributed by atoms with E-state index in [1.807, 2.05) is 19.9 Å². The van der Waals surface area contributed by atoms with Crippen molar-refractivity contribution in [2.24, 2.45) is 5.92 Å². The third-order valence-corrected chi connectivity index (χ3v) is 2.68. The molecule has 0 aromatic heterocycles. The average Bonchev–Trinajstić information content (AvgIpc) is 2.76. The van der Waals surface area contributed by atoms with E-state index in [0.717, 1.165) is 5.57 Å². The van der Waals surface area contributed by atoms with Crippen molar-refractivity contribution in [3.8, 4) is 0 Å². The summed E-state index contributed by atoms with van der Waals surface area (Å²) in [5.74, 6) is -1.43.